The van der Waals surface area contributed by atoms with Gasteiger partial charge in [0.05, 0.1) is 18.2 Å². The highest BCUT2D eigenvalue weighted by Crippen LogP contribution is 2.19. The number of hydrogen-bond donors (Lipinski definition) is 1. The summed E-state index contributed by atoms with van der Waals surface area (Å²) in [4.78, 5) is 21.5. The smallest absolute Gasteiger partial charge is 0.237 e. The normalized spacial score (nSPS) is 22.7. The molecule has 1 saturated heterocycles. The van der Waals surface area contributed by atoms with E-state index in [-0.39, 0.29) is 30.1 Å². The average molecular weight is 348 g/mol. The largest absolute Gasteiger partial charge is 0.373 e. The number of morpholine rings is 1. The summed E-state index contributed by atoms with van der Waals surface area (Å²) >= 11 is 0. The van der Waals surface area contributed by atoms with Crippen LogP contribution in [-0.2, 0) is 16.1 Å². The molecule has 140 valence electrons. The number of anilines is 1. The van der Waals surface area contributed by atoms with Gasteiger partial charge in [0.25, 0.3) is 0 Å². The maximum Gasteiger partial charge on any atom is 0.237 e. The second kappa shape index (κ2) is 8.63. The van der Waals surface area contributed by atoms with E-state index in [1.807, 2.05) is 31.1 Å². The molecule has 1 N–H and O–H groups in total. The van der Waals surface area contributed by atoms with E-state index in [1.54, 1.807) is 6.20 Å². The molecule has 0 aromatic carbocycles. The number of hydrogen-bond acceptors (Lipinski definition) is 5. The van der Waals surface area contributed by atoms with Gasteiger partial charge in [-0.15, -0.1) is 0 Å². The van der Waals surface area contributed by atoms with Crippen molar-refractivity contribution >= 4 is 11.7 Å². The highest BCUT2D eigenvalue weighted by molar-refractivity contribution is 5.82. The Balaban J connectivity index is 2.06. The summed E-state index contributed by atoms with van der Waals surface area (Å²) in [6.07, 6.45) is 2.07. The first-order valence-electron chi connectivity index (χ1n) is 9.08. The number of amides is 1. The van der Waals surface area contributed by atoms with Crippen molar-refractivity contribution in [2.75, 3.05) is 32.1 Å². The van der Waals surface area contributed by atoms with E-state index < -0.39 is 0 Å². The maximum atomic E-state index is 12.9. The molecule has 2 rings (SSSR count). The van der Waals surface area contributed by atoms with Crippen molar-refractivity contribution in [1.29, 1.82) is 0 Å². The van der Waals surface area contributed by atoms with Crippen LogP contribution in [-0.4, -0.2) is 61.2 Å². The van der Waals surface area contributed by atoms with Gasteiger partial charge in [0.15, 0.2) is 0 Å². The fourth-order valence-corrected chi connectivity index (χ4v) is 3.59. The number of ether oxygens (including phenoxy) is 1. The fourth-order valence-electron chi connectivity index (χ4n) is 3.59. The number of rotatable bonds is 6. The van der Waals surface area contributed by atoms with Crippen molar-refractivity contribution in [1.82, 2.24) is 15.2 Å². The predicted octanol–water partition coefficient (Wildman–Crippen LogP) is 1.90. The van der Waals surface area contributed by atoms with Crippen molar-refractivity contribution in [3.63, 3.8) is 0 Å². The Bertz CT molecular complexity index is 566. The quantitative estimate of drug-likeness (QED) is 0.851. The average Bonchev–Trinajstić information content (AvgIpc) is 2.52. The third-order valence-corrected chi connectivity index (χ3v) is 4.49. The number of nitrogens with zero attached hydrogens (tertiary/aromatic N) is 3. The molecule has 1 aliphatic rings. The van der Waals surface area contributed by atoms with Crippen LogP contribution >= 0.6 is 0 Å². The molecule has 1 aliphatic heterocycles. The van der Waals surface area contributed by atoms with Crippen LogP contribution in [0.1, 0.15) is 33.3 Å². The van der Waals surface area contributed by atoms with Crippen molar-refractivity contribution < 1.29 is 9.53 Å². The monoisotopic (exact) mass is 348 g/mol. The molecule has 0 unspecified atom stereocenters. The van der Waals surface area contributed by atoms with Gasteiger partial charge in [0.2, 0.25) is 5.91 Å². The van der Waals surface area contributed by atoms with Gasteiger partial charge in [0, 0.05) is 45.5 Å². The third-order valence-electron chi connectivity index (χ3n) is 4.49. The van der Waals surface area contributed by atoms with Gasteiger partial charge < -0.3 is 15.0 Å². The first kappa shape index (κ1) is 19.7. The minimum atomic E-state index is -0.145. The summed E-state index contributed by atoms with van der Waals surface area (Å²) in [7, 11) is 3.92. The molecule has 1 amide bonds. The molecule has 3 atom stereocenters. The Morgan fingerprint density at radius 1 is 1.36 bits per heavy atom. The highest BCUT2D eigenvalue weighted by atomic mass is 16.5. The van der Waals surface area contributed by atoms with Crippen LogP contribution in [0.25, 0.3) is 0 Å². The Kier molecular flexibility index (Phi) is 6.79. The van der Waals surface area contributed by atoms with E-state index in [1.165, 1.54) is 0 Å². The van der Waals surface area contributed by atoms with Crippen molar-refractivity contribution in [3.05, 3.63) is 23.9 Å². The second-order valence-corrected chi connectivity index (χ2v) is 7.50. The standard InChI is InChI=1S/C19H32N4O2/c1-13(2)17(23-11-14(3)25-15(4)12-23)19(24)21-10-16-8-7-9-20-18(16)22(5)6/h7-9,13-15,17H,10-12H2,1-6H3,(H,21,24)/t14-,15-,17+/m1/s1. The van der Waals surface area contributed by atoms with E-state index in [2.05, 4.69) is 42.9 Å². The van der Waals surface area contributed by atoms with Crippen molar-refractivity contribution in [2.45, 2.75) is 52.5 Å². The lowest BCUT2D eigenvalue weighted by Crippen LogP contribution is -2.56. The Morgan fingerprint density at radius 3 is 2.56 bits per heavy atom. The van der Waals surface area contributed by atoms with E-state index >= 15 is 0 Å². The molecule has 1 aromatic rings. The van der Waals surface area contributed by atoms with Crippen LogP contribution < -0.4 is 10.2 Å². The maximum absolute atomic E-state index is 12.9. The van der Waals surface area contributed by atoms with Gasteiger partial charge in [-0.25, -0.2) is 4.98 Å². The fraction of sp³-hybridized carbons (Fsp3) is 0.684. The molecule has 6 nitrogen and oxygen atoms in total. The van der Waals surface area contributed by atoms with E-state index in [0.717, 1.165) is 24.5 Å². The van der Waals surface area contributed by atoms with Crippen molar-refractivity contribution in [3.8, 4) is 0 Å². The lowest BCUT2D eigenvalue weighted by atomic mass is 9.99. The SMILES string of the molecule is CC(C)[C@@H](C(=O)NCc1cccnc1N(C)C)N1C[C@@H](C)O[C@H](C)C1. The summed E-state index contributed by atoms with van der Waals surface area (Å²) in [5.41, 5.74) is 1.02. The molecule has 0 spiro atoms. The van der Waals surface area contributed by atoms with Gasteiger partial charge in [-0.2, -0.15) is 0 Å². The summed E-state index contributed by atoms with van der Waals surface area (Å²) < 4.78 is 5.81. The van der Waals surface area contributed by atoms with Crippen LogP contribution in [0.2, 0.25) is 0 Å². The number of carbonyl (C=O) groups excluding carboxylic acids is 1. The van der Waals surface area contributed by atoms with Crippen molar-refractivity contribution in [2.24, 2.45) is 5.92 Å². The van der Waals surface area contributed by atoms with Gasteiger partial charge in [-0.1, -0.05) is 19.9 Å². The highest BCUT2D eigenvalue weighted by Gasteiger charge is 2.34. The minimum absolute atomic E-state index is 0.0739. The zero-order chi connectivity index (χ0) is 18.6. The number of pyridine rings is 1. The second-order valence-electron chi connectivity index (χ2n) is 7.50. The van der Waals surface area contributed by atoms with Gasteiger partial charge in [-0.05, 0) is 25.8 Å². The molecule has 2 heterocycles. The summed E-state index contributed by atoms with van der Waals surface area (Å²) in [6, 6.07) is 3.76. The molecule has 25 heavy (non-hydrogen) atoms. The molecule has 1 fully saturated rings. The lowest BCUT2D eigenvalue weighted by Gasteiger charge is -2.41. The van der Waals surface area contributed by atoms with Crippen LogP contribution in [0, 0.1) is 5.92 Å². The first-order valence-corrected chi connectivity index (χ1v) is 9.08. The van der Waals surface area contributed by atoms with Crippen LogP contribution in [0.4, 0.5) is 5.82 Å². The third kappa shape index (κ3) is 5.16. The number of aromatic nitrogens is 1. The van der Waals surface area contributed by atoms with Gasteiger partial charge in [-0.3, -0.25) is 9.69 Å². The van der Waals surface area contributed by atoms with Crippen LogP contribution in [0.5, 0.6) is 0 Å². The van der Waals surface area contributed by atoms with Crippen LogP contribution in [0.15, 0.2) is 18.3 Å². The summed E-state index contributed by atoms with van der Waals surface area (Å²) in [6.45, 7) is 10.4. The van der Waals surface area contributed by atoms with E-state index in [9.17, 15) is 4.79 Å². The molecular formula is C19H32N4O2. The molecule has 0 radical (unpaired) electrons. The summed E-state index contributed by atoms with van der Waals surface area (Å²) in [5, 5.41) is 3.11. The topological polar surface area (TPSA) is 57.7 Å². The first-order chi connectivity index (χ1) is 11.8. The lowest BCUT2D eigenvalue weighted by molar-refractivity contribution is -0.135. The Hall–Kier alpha value is -1.66. The molecule has 0 saturated carbocycles. The van der Waals surface area contributed by atoms with Gasteiger partial charge >= 0.3 is 0 Å². The van der Waals surface area contributed by atoms with E-state index in [4.69, 9.17) is 4.74 Å². The number of nitrogens with one attached hydrogen (secondary N) is 1. The van der Waals surface area contributed by atoms with Gasteiger partial charge in [0.1, 0.15) is 5.82 Å². The summed E-state index contributed by atoms with van der Waals surface area (Å²) in [5.74, 6) is 1.20. The Labute approximate surface area is 151 Å². The minimum Gasteiger partial charge on any atom is -0.373 e. The van der Waals surface area contributed by atoms with Crippen LogP contribution in [0.3, 0.4) is 0 Å². The van der Waals surface area contributed by atoms with E-state index in [0.29, 0.717) is 6.54 Å². The number of carbonyl (C=O) groups is 1. The predicted molar refractivity (Wildman–Crippen MR) is 101 cm³/mol. The molecule has 0 bridgehead atoms. The Morgan fingerprint density at radius 2 is 2.00 bits per heavy atom. The zero-order valence-electron chi connectivity index (χ0n) is 16.3. The molecular weight excluding hydrogens is 316 g/mol. The molecule has 0 aliphatic carbocycles. The molecule has 6 heteroatoms. The molecule has 1 aromatic heterocycles. The zero-order valence-corrected chi connectivity index (χ0v) is 16.3.